The molecule has 0 bridgehead atoms. The van der Waals surface area contributed by atoms with Crippen molar-refractivity contribution >= 4 is 17.6 Å². The lowest BCUT2D eigenvalue weighted by Gasteiger charge is -2.30. The number of alkyl halides is 6. The van der Waals surface area contributed by atoms with E-state index in [1.807, 2.05) is 5.32 Å². The molecule has 0 radical (unpaired) electrons. The van der Waals surface area contributed by atoms with Gasteiger partial charge in [-0.3, -0.25) is 9.48 Å². The monoisotopic (exact) mass is 620 g/mol. The van der Waals surface area contributed by atoms with Crippen LogP contribution in [-0.2, 0) is 16.0 Å². The number of methoxy groups -OCH3 is 1. The molecule has 236 valence electrons. The molecule has 0 aliphatic carbocycles. The standard InChI is InChI=1S/C25H30F6N8O4/c1-5-38-17(6-7-32-38)21(40)35-16(12-43-23(2,3)25(29,30)31)15-10-39-20(34-15)8-14(9-33-39)18(13-42-4)37-11-19(24(26,27)28)36-22(37)41/h6-10,16,18-19H,5,11-13H2,1-4H3,(H,35,40)(H,36,41)/t16-,18+,19-/m0/s1. The van der Waals surface area contributed by atoms with Crippen LogP contribution in [0.25, 0.3) is 5.65 Å². The van der Waals surface area contributed by atoms with E-state index in [9.17, 15) is 35.9 Å². The normalized spacial score (nSPS) is 17.8. The predicted octanol–water partition coefficient (Wildman–Crippen LogP) is 3.42. The van der Waals surface area contributed by atoms with Gasteiger partial charge < -0.3 is 25.0 Å². The number of ether oxygens (including phenoxy) is 2. The second-order valence-electron chi connectivity index (χ2n) is 10.3. The Kier molecular flexibility index (Phi) is 8.92. The first-order valence-corrected chi connectivity index (χ1v) is 13.1. The minimum atomic E-state index is -4.71. The number of nitrogens with zero attached hydrogens (tertiary/aromatic N) is 6. The second kappa shape index (κ2) is 12.0. The largest absolute Gasteiger partial charge is 0.416 e. The lowest BCUT2D eigenvalue weighted by molar-refractivity contribution is -0.265. The molecule has 1 aliphatic rings. The van der Waals surface area contributed by atoms with Crippen LogP contribution in [0.2, 0.25) is 0 Å². The molecule has 4 rings (SSSR count). The number of amides is 3. The molecule has 0 saturated carbocycles. The quantitative estimate of drug-likeness (QED) is 0.315. The zero-order chi connectivity index (χ0) is 31.7. The van der Waals surface area contributed by atoms with Crippen molar-refractivity contribution in [3.05, 3.63) is 47.7 Å². The number of nitrogens with one attached hydrogen (secondary N) is 2. The number of imidazole rings is 1. The Labute approximate surface area is 241 Å². The number of urea groups is 1. The highest BCUT2D eigenvalue weighted by Crippen LogP contribution is 2.34. The topological polar surface area (TPSA) is 128 Å². The third-order valence-electron chi connectivity index (χ3n) is 6.98. The molecule has 3 aromatic rings. The molecule has 18 heteroatoms. The summed E-state index contributed by atoms with van der Waals surface area (Å²) in [5, 5.41) is 12.8. The van der Waals surface area contributed by atoms with E-state index in [0.717, 1.165) is 18.7 Å². The minimum absolute atomic E-state index is 0.0953. The number of aryl methyl sites for hydroxylation is 1. The first kappa shape index (κ1) is 32.0. The van der Waals surface area contributed by atoms with Crippen molar-refractivity contribution in [2.75, 3.05) is 26.9 Å². The summed E-state index contributed by atoms with van der Waals surface area (Å²) in [4.78, 5) is 30.9. The van der Waals surface area contributed by atoms with Gasteiger partial charge in [0.05, 0.1) is 49.9 Å². The average molecular weight is 621 g/mol. The van der Waals surface area contributed by atoms with E-state index < -0.39 is 61.2 Å². The van der Waals surface area contributed by atoms with Gasteiger partial charge in [-0.1, -0.05) is 0 Å². The van der Waals surface area contributed by atoms with Crippen LogP contribution in [0, 0.1) is 0 Å². The molecule has 1 aliphatic heterocycles. The van der Waals surface area contributed by atoms with Crippen molar-refractivity contribution in [2.45, 2.75) is 63.4 Å². The fraction of sp³-hybridized carbons (Fsp3) is 0.560. The predicted molar refractivity (Wildman–Crippen MR) is 137 cm³/mol. The van der Waals surface area contributed by atoms with E-state index in [1.165, 1.54) is 47.0 Å². The average Bonchev–Trinajstić information content (AvgIpc) is 3.66. The van der Waals surface area contributed by atoms with E-state index in [-0.39, 0.29) is 23.6 Å². The molecule has 0 aromatic carbocycles. The van der Waals surface area contributed by atoms with Gasteiger partial charge >= 0.3 is 18.4 Å². The smallest absolute Gasteiger partial charge is 0.382 e. The first-order valence-electron chi connectivity index (χ1n) is 13.1. The summed E-state index contributed by atoms with van der Waals surface area (Å²) in [5.74, 6) is -0.636. The van der Waals surface area contributed by atoms with Crippen molar-refractivity contribution in [1.29, 1.82) is 0 Å². The molecule has 1 fully saturated rings. The summed E-state index contributed by atoms with van der Waals surface area (Å²) in [6, 6.07) is -2.24. The second-order valence-corrected chi connectivity index (χ2v) is 10.3. The molecule has 1 saturated heterocycles. The Hall–Kier alpha value is -3.93. The van der Waals surface area contributed by atoms with Gasteiger partial charge in [-0.25, -0.2) is 14.3 Å². The van der Waals surface area contributed by atoms with Crippen molar-refractivity contribution in [1.82, 2.24) is 39.9 Å². The third-order valence-corrected chi connectivity index (χ3v) is 6.98. The molecular formula is C25H30F6N8O4. The highest BCUT2D eigenvalue weighted by molar-refractivity contribution is 5.92. The SMILES string of the molecule is CCn1nccc1C(=O)N[C@@H](COC(C)(C)C(F)(F)F)c1cn2ncc([C@@H](COC)N3C[C@@H](C(F)(F)F)NC3=O)cc2n1. The lowest BCUT2D eigenvalue weighted by Crippen LogP contribution is -2.44. The van der Waals surface area contributed by atoms with Gasteiger partial charge in [-0.15, -0.1) is 0 Å². The summed E-state index contributed by atoms with van der Waals surface area (Å²) >= 11 is 0. The summed E-state index contributed by atoms with van der Waals surface area (Å²) in [6.07, 6.45) is -5.27. The molecule has 0 unspecified atom stereocenters. The Morgan fingerprint density at radius 1 is 1.19 bits per heavy atom. The van der Waals surface area contributed by atoms with Crippen molar-refractivity contribution in [3.63, 3.8) is 0 Å². The fourth-order valence-corrected chi connectivity index (χ4v) is 4.38. The lowest BCUT2D eigenvalue weighted by atomic mass is 10.1. The molecule has 12 nitrogen and oxygen atoms in total. The molecule has 3 amide bonds. The van der Waals surface area contributed by atoms with Gasteiger partial charge in [0.1, 0.15) is 11.7 Å². The highest BCUT2D eigenvalue weighted by Gasteiger charge is 2.50. The molecular weight excluding hydrogens is 590 g/mol. The van der Waals surface area contributed by atoms with E-state index in [0.29, 0.717) is 12.1 Å². The number of carbonyl (C=O) groups excluding carboxylic acids is 2. The maximum atomic E-state index is 13.5. The molecule has 2 N–H and O–H groups in total. The Morgan fingerprint density at radius 3 is 2.51 bits per heavy atom. The van der Waals surface area contributed by atoms with Crippen LogP contribution >= 0.6 is 0 Å². The van der Waals surface area contributed by atoms with Crippen molar-refractivity contribution in [3.8, 4) is 0 Å². The maximum Gasteiger partial charge on any atom is 0.416 e. The summed E-state index contributed by atoms with van der Waals surface area (Å²) in [6.45, 7) is 2.39. The Bertz CT molecular complexity index is 1450. The molecule has 43 heavy (non-hydrogen) atoms. The highest BCUT2D eigenvalue weighted by atomic mass is 19.4. The Morgan fingerprint density at radius 2 is 1.91 bits per heavy atom. The van der Waals surface area contributed by atoms with Crippen LogP contribution < -0.4 is 10.6 Å². The number of aromatic nitrogens is 5. The van der Waals surface area contributed by atoms with Gasteiger partial charge in [0.2, 0.25) is 0 Å². The van der Waals surface area contributed by atoms with E-state index in [1.54, 1.807) is 6.92 Å². The van der Waals surface area contributed by atoms with E-state index in [4.69, 9.17) is 9.47 Å². The van der Waals surface area contributed by atoms with Crippen LogP contribution in [0.15, 0.2) is 30.7 Å². The van der Waals surface area contributed by atoms with Crippen LogP contribution in [0.3, 0.4) is 0 Å². The fourth-order valence-electron chi connectivity index (χ4n) is 4.38. The van der Waals surface area contributed by atoms with Crippen molar-refractivity contribution < 1.29 is 45.4 Å². The van der Waals surface area contributed by atoms with Gasteiger partial charge in [-0.2, -0.15) is 36.5 Å². The zero-order valence-electron chi connectivity index (χ0n) is 23.5. The number of carbonyl (C=O) groups is 2. The molecule has 4 heterocycles. The minimum Gasteiger partial charge on any atom is -0.382 e. The maximum absolute atomic E-state index is 13.5. The molecule has 3 atom stereocenters. The number of fused-ring (bicyclic) bond motifs is 1. The zero-order valence-corrected chi connectivity index (χ0v) is 23.5. The summed E-state index contributed by atoms with van der Waals surface area (Å²) in [7, 11) is 1.32. The number of hydrogen-bond acceptors (Lipinski definition) is 7. The third kappa shape index (κ3) is 6.84. The summed E-state index contributed by atoms with van der Waals surface area (Å²) in [5.41, 5.74) is -1.85. The van der Waals surface area contributed by atoms with Gasteiger partial charge in [-0.05, 0) is 32.9 Å². The number of hydrogen-bond donors (Lipinski definition) is 2. The van der Waals surface area contributed by atoms with E-state index >= 15 is 0 Å². The molecule has 3 aromatic heterocycles. The number of halogens is 6. The van der Waals surface area contributed by atoms with Crippen LogP contribution in [0.1, 0.15) is 54.6 Å². The molecule has 0 spiro atoms. The van der Waals surface area contributed by atoms with Gasteiger partial charge in [0, 0.05) is 25.4 Å². The van der Waals surface area contributed by atoms with E-state index in [2.05, 4.69) is 20.5 Å². The van der Waals surface area contributed by atoms with Gasteiger partial charge in [0.15, 0.2) is 11.2 Å². The number of rotatable bonds is 11. The van der Waals surface area contributed by atoms with Crippen LogP contribution in [-0.4, -0.2) is 92.1 Å². The van der Waals surface area contributed by atoms with Crippen molar-refractivity contribution in [2.24, 2.45) is 0 Å². The van der Waals surface area contributed by atoms with Crippen LogP contribution in [0.5, 0.6) is 0 Å². The first-order chi connectivity index (χ1) is 20.1. The van der Waals surface area contributed by atoms with Gasteiger partial charge in [0.25, 0.3) is 5.91 Å². The summed E-state index contributed by atoms with van der Waals surface area (Å²) < 4.78 is 93.4. The van der Waals surface area contributed by atoms with Crippen LogP contribution in [0.4, 0.5) is 31.1 Å². The Balaban J connectivity index is 1.65.